The summed E-state index contributed by atoms with van der Waals surface area (Å²) in [7, 11) is 5.37. The number of benzene rings is 2. The van der Waals surface area contributed by atoms with Gasteiger partial charge in [0.1, 0.15) is 0 Å². The molecule has 5 heteroatoms. The Hall–Kier alpha value is -2.66. The third-order valence-corrected chi connectivity index (χ3v) is 4.40. The lowest BCUT2D eigenvalue weighted by molar-refractivity contribution is -0.131. The molecule has 0 unspecified atom stereocenters. The molecule has 26 heavy (non-hydrogen) atoms. The van der Waals surface area contributed by atoms with E-state index in [-0.39, 0.29) is 11.8 Å². The molecule has 138 valence electrons. The monoisotopic (exact) mass is 353 g/mol. The highest BCUT2D eigenvalue weighted by molar-refractivity contribution is 5.93. The molecule has 1 N–H and O–H groups in total. The van der Waals surface area contributed by atoms with E-state index in [1.807, 2.05) is 43.3 Å². The van der Waals surface area contributed by atoms with Crippen LogP contribution in [0.25, 0.3) is 0 Å². The minimum absolute atomic E-state index is 0.0812. The first-order valence-corrected chi connectivity index (χ1v) is 8.68. The van der Waals surface area contributed by atoms with Crippen molar-refractivity contribution in [3.05, 3.63) is 70.8 Å². The highest BCUT2D eigenvalue weighted by atomic mass is 16.2. The first-order chi connectivity index (χ1) is 12.4. The van der Waals surface area contributed by atoms with Gasteiger partial charge in [0.25, 0.3) is 5.91 Å². The number of aryl methyl sites for hydroxylation is 1. The predicted octanol–water partition coefficient (Wildman–Crippen LogP) is 2.45. The molecule has 2 aromatic rings. The molecular weight excluding hydrogens is 326 g/mol. The van der Waals surface area contributed by atoms with E-state index in [9.17, 15) is 9.59 Å². The van der Waals surface area contributed by atoms with E-state index in [0.29, 0.717) is 25.2 Å². The average molecular weight is 353 g/mol. The van der Waals surface area contributed by atoms with Crippen molar-refractivity contribution in [3.63, 3.8) is 0 Å². The second-order valence-corrected chi connectivity index (χ2v) is 6.62. The number of nitrogens with zero attached hydrogens (tertiary/aromatic N) is 2. The van der Waals surface area contributed by atoms with Gasteiger partial charge in [0.15, 0.2) is 0 Å². The van der Waals surface area contributed by atoms with Crippen LogP contribution in [-0.4, -0.2) is 49.3 Å². The van der Waals surface area contributed by atoms with Gasteiger partial charge in [0.2, 0.25) is 5.91 Å². The zero-order valence-electron chi connectivity index (χ0n) is 16.0. The van der Waals surface area contributed by atoms with Crippen LogP contribution in [0.3, 0.4) is 0 Å². The maximum Gasteiger partial charge on any atom is 0.251 e. The van der Waals surface area contributed by atoms with E-state index >= 15 is 0 Å². The standard InChI is InChI=1S/C21H27N3O2/c1-16-7-5-6-8-19(16)14-24(4)20(25)15-23(3)13-17-9-11-18(12-10-17)21(26)22-2/h5-12H,13-15H2,1-4H3,(H,22,26). The largest absolute Gasteiger partial charge is 0.355 e. The fourth-order valence-corrected chi connectivity index (χ4v) is 2.76. The van der Waals surface area contributed by atoms with E-state index in [2.05, 4.69) is 24.4 Å². The zero-order chi connectivity index (χ0) is 19.1. The summed E-state index contributed by atoms with van der Waals surface area (Å²) >= 11 is 0. The molecule has 0 saturated heterocycles. The highest BCUT2D eigenvalue weighted by Gasteiger charge is 2.13. The van der Waals surface area contributed by atoms with Gasteiger partial charge in [0, 0.05) is 32.7 Å². The van der Waals surface area contributed by atoms with Crippen LogP contribution in [-0.2, 0) is 17.9 Å². The highest BCUT2D eigenvalue weighted by Crippen LogP contribution is 2.11. The number of hydrogen-bond acceptors (Lipinski definition) is 3. The van der Waals surface area contributed by atoms with Gasteiger partial charge in [-0.1, -0.05) is 36.4 Å². The molecule has 2 amide bonds. The van der Waals surface area contributed by atoms with Gasteiger partial charge in [-0.3, -0.25) is 14.5 Å². The summed E-state index contributed by atoms with van der Waals surface area (Å²) in [6, 6.07) is 15.5. The van der Waals surface area contributed by atoms with Crippen LogP contribution in [0.4, 0.5) is 0 Å². The summed E-state index contributed by atoms with van der Waals surface area (Å²) in [5, 5.41) is 2.60. The van der Waals surface area contributed by atoms with Gasteiger partial charge >= 0.3 is 0 Å². The molecule has 0 aliphatic heterocycles. The number of rotatable bonds is 7. The first kappa shape index (κ1) is 19.7. The number of carbonyl (C=O) groups is 2. The van der Waals surface area contributed by atoms with E-state index in [1.165, 1.54) is 5.56 Å². The summed E-state index contributed by atoms with van der Waals surface area (Å²) in [4.78, 5) is 27.8. The quantitative estimate of drug-likeness (QED) is 0.832. The summed E-state index contributed by atoms with van der Waals surface area (Å²) < 4.78 is 0. The van der Waals surface area contributed by atoms with Gasteiger partial charge in [-0.15, -0.1) is 0 Å². The fourth-order valence-electron chi connectivity index (χ4n) is 2.76. The first-order valence-electron chi connectivity index (χ1n) is 8.68. The maximum atomic E-state index is 12.5. The Morgan fingerprint density at radius 1 is 0.962 bits per heavy atom. The Morgan fingerprint density at radius 3 is 2.23 bits per heavy atom. The second-order valence-electron chi connectivity index (χ2n) is 6.62. The lowest BCUT2D eigenvalue weighted by Gasteiger charge is -2.22. The molecule has 0 spiro atoms. The molecule has 0 heterocycles. The Balaban J connectivity index is 1.88. The van der Waals surface area contributed by atoms with Crippen molar-refractivity contribution in [2.45, 2.75) is 20.0 Å². The molecular formula is C21H27N3O2. The van der Waals surface area contributed by atoms with Crippen LogP contribution in [0.15, 0.2) is 48.5 Å². The van der Waals surface area contributed by atoms with Crippen molar-refractivity contribution in [1.82, 2.24) is 15.1 Å². The topological polar surface area (TPSA) is 52.7 Å². The van der Waals surface area contributed by atoms with Gasteiger partial charge in [-0.25, -0.2) is 0 Å². The van der Waals surface area contributed by atoms with Gasteiger partial charge in [0.05, 0.1) is 6.54 Å². The van der Waals surface area contributed by atoms with Crippen molar-refractivity contribution < 1.29 is 9.59 Å². The molecule has 5 nitrogen and oxygen atoms in total. The fraction of sp³-hybridized carbons (Fsp3) is 0.333. The van der Waals surface area contributed by atoms with Crippen LogP contribution >= 0.6 is 0 Å². The number of amides is 2. The Labute approximate surface area is 155 Å². The number of nitrogens with one attached hydrogen (secondary N) is 1. The minimum Gasteiger partial charge on any atom is -0.355 e. The molecule has 0 bridgehead atoms. The van der Waals surface area contributed by atoms with Crippen LogP contribution in [0.5, 0.6) is 0 Å². The summed E-state index contributed by atoms with van der Waals surface area (Å²) in [6.07, 6.45) is 0. The van der Waals surface area contributed by atoms with Gasteiger partial charge in [-0.2, -0.15) is 0 Å². The van der Waals surface area contributed by atoms with Crippen molar-refractivity contribution in [2.24, 2.45) is 0 Å². The molecule has 0 aromatic heterocycles. The minimum atomic E-state index is -0.0992. The van der Waals surface area contributed by atoms with Gasteiger partial charge in [-0.05, 0) is 42.8 Å². The van der Waals surface area contributed by atoms with Crippen molar-refractivity contribution in [1.29, 1.82) is 0 Å². The van der Waals surface area contributed by atoms with E-state index in [1.54, 1.807) is 24.1 Å². The van der Waals surface area contributed by atoms with Crippen molar-refractivity contribution in [3.8, 4) is 0 Å². The third kappa shape index (κ3) is 5.43. The molecule has 0 saturated carbocycles. The average Bonchev–Trinajstić information content (AvgIpc) is 2.63. The van der Waals surface area contributed by atoms with Gasteiger partial charge < -0.3 is 10.2 Å². The molecule has 0 aliphatic carbocycles. The molecule has 0 radical (unpaired) electrons. The number of hydrogen-bond donors (Lipinski definition) is 1. The van der Waals surface area contributed by atoms with E-state index in [4.69, 9.17) is 0 Å². The SMILES string of the molecule is CNC(=O)c1ccc(CN(C)CC(=O)N(C)Cc2ccccc2C)cc1. The third-order valence-electron chi connectivity index (χ3n) is 4.40. The van der Waals surface area contributed by atoms with Crippen LogP contribution in [0, 0.1) is 6.92 Å². The summed E-state index contributed by atoms with van der Waals surface area (Å²) in [5.74, 6) is -0.0179. The lowest BCUT2D eigenvalue weighted by atomic mass is 10.1. The van der Waals surface area contributed by atoms with E-state index < -0.39 is 0 Å². The Kier molecular flexibility index (Phi) is 6.92. The Morgan fingerprint density at radius 2 is 1.62 bits per heavy atom. The van der Waals surface area contributed by atoms with Crippen molar-refractivity contribution >= 4 is 11.8 Å². The molecule has 0 fully saturated rings. The summed E-state index contributed by atoms with van der Waals surface area (Å²) in [6.45, 7) is 3.67. The van der Waals surface area contributed by atoms with Crippen molar-refractivity contribution in [2.75, 3.05) is 27.7 Å². The Bertz CT molecular complexity index is 756. The molecule has 2 aromatic carbocycles. The molecule has 2 rings (SSSR count). The molecule has 0 aliphatic rings. The smallest absolute Gasteiger partial charge is 0.251 e. The second kappa shape index (κ2) is 9.15. The lowest BCUT2D eigenvalue weighted by Crippen LogP contribution is -2.36. The summed E-state index contributed by atoms with van der Waals surface area (Å²) in [5.41, 5.74) is 4.05. The van der Waals surface area contributed by atoms with E-state index in [0.717, 1.165) is 11.1 Å². The number of likely N-dealkylation sites (N-methyl/N-ethyl adjacent to an activating group) is 2. The zero-order valence-corrected chi connectivity index (χ0v) is 16.0. The normalized spacial score (nSPS) is 10.7. The van der Waals surface area contributed by atoms with Crippen LogP contribution in [0.1, 0.15) is 27.0 Å². The number of carbonyl (C=O) groups excluding carboxylic acids is 2. The predicted molar refractivity (Wildman–Crippen MR) is 104 cm³/mol. The molecule has 0 atom stereocenters. The van der Waals surface area contributed by atoms with Crippen LogP contribution in [0.2, 0.25) is 0 Å². The van der Waals surface area contributed by atoms with Crippen LogP contribution < -0.4 is 5.32 Å². The maximum absolute atomic E-state index is 12.5.